The fourth-order valence-electron chi connectivity index (χ4n) is 2.02. The summed E-state index contributed by atoms with van der Waals surface area (Å²) in [5, 5.41) is 9.46. The van der Waals surface area contributed by atoms with Crippen molar-refractivity contribution in [1.29, 1.82) is 0 Å². The minimum absolute atomic E-state index is 0.00299. The van der Waals surface area contributed by atoms with Crippen LogP contribution in [0.1, 0.15) is 35.3 Å². The zero-order chi connectivity index (χ0) is 15.4. The topological polar surface area (TPSA) is 46.5 Å². The summed E-state index contributed by atoms with van der Waals surface area (Å²) in [5.74, 6) is 0.661. The molecule has 0 aliphatic carbocycles. The molecule has 0 aliphatic heterocycles. The molecule has 3 heteroatoms. The highest BCUT2D eigenvalue weighted by molar-refractivity contribution is 6.09. The van der Waals surface area contributed by atoms with Gasteiger partial charge in [-0.3, -0.25) is 4.79 Å². The molecule has 0 aromatic heterocycles. The number of aliphatic hydroxyl groups excluding tert-OH is 1. The van der Waals surface area contributed by atoms with E-state index in [2.05, 4.69) is 0 Å². The lowest BCUT2D eigenvalue weighted by Gasteiger charge is -2.18. The molecule has 1 N–H and O–H groups in total. The molecule has 0 heterocycles. The first-order chi connectivity index (χ1) is 9.99. The third-order valence-electron chi connectivity index (χ3n) is 3.48. The van der Waals surface area contributed by atoms with Gasteiger partial charge < -0.3 is 9.84 Å². The molecule has 2 rings (SSSR count). The van der Waals surface area contributed by atoms with E-state index in [4.69, 9.17) is 4.74 Å². The zero-order valence-electron chi connectivity index (χ0n) is 12.5. The van der Waals surface area contributed by atoms with E-state index in [0.29, 0.717) is 16.9 Å². The predicted molar refractivity (Wildman–Crippen MR) is 82.8 cm³/mol. The summed E-state index contributed by atoms with van der Waals surface area (Å²) < 4.78 is 5.64. The number of aryl methyl sites for hydroxylation is 1. The molecule has 2 atom stereocenters. The Morgan fingerprint density at radius 3 is 2.33 bits per heavy atom. The number of benzene rings is 2. The lowest BCUT2D eigenvalue weighted by Crippen LogP contribution is -2.25. The molecular weight excluding hydrogens is 264 g/mol. The lowest BCUT2D eigenvalue weighted by atomic mass is 9.99. The third-order valence-corrected chi connectivity index (χ3v) is 3.48. The maximum atomic E-state index is 12.4. The summed E-state index contributed by atoms with van der Waals surface area (Å²) in [6, 6.07) is 14.6. The van der Waals surface area contributed by atoms with E-state index >= 15 is 0 Å². The van der Waals surface area contributed by atoms with Gasteiger partial charge in [0.05, 0.1) is 6.10 Å². The van der Waals surface area contributed by atoms with Crippen LogP contribution in [0.3, 0.4) is 0 Å². The number of carbonyl (C=O) groups is 1. The first kappa shape index (κ1) is 15.3. The fourth-order valence-corrected chi connectivity index (χ4v) is 2.02. The quantitative estimate of drug-likeness (QED) is 0.856. The van der Waals surface area contributed by atoms with Crippen LogP contribution >= 0.6 is 0 Å². The summed E-state index contributed by atoms with van der Waals surface area (Å²) in [4.78, 5) is 12.4. The Kier molecular flexibility index (Phi) is 4.76. The first-order valence-corrected chi connectivity index (χ1v) is 7.04. The number of hydrogen-bond acceptors (Lipinski definition) is 3. The van der Waals surface area contributed by atoms with Gasteiger partial charge in [0, 0.05) is 11.1 Å². The molecule has 0 saturated carbocycles. The molecule has 0 saturated heterocycles. The molecule has 0 radical (unpaired) electrons. The Morgan fingerprint density at radius 2 is 1.76 bits per heavy atom. The van der Waals surface area contributed by atoms with Gasteiger partial charge >= 0.3 is 0 Å². The van der Waals surface area contributed by atoms with Crippen LogP contribution in [0.15, 0.2) is 48.5 Å². The molecule has 2 aromatic carbocycles. The highest BCUT2D eigenvalue weighted by Gasteiger charge is 2.14. The summed E-state index contributed by atoms with van der Waals surface area (Å²) in [6.07, 6.45) is -0.837. The van der Waals surface area contributed by atoms with Gasteiger partial charge in [-0.25, -0.2) is 0 Å². The van der Waals surface area contributed by atoms with Crippen molar-refractivity contribution in [2.45, 2.75) is 33.0 Å². The van der Waals surface area contributed by atoms with Gasteiger partial charge in [-0.2, -0.15) is 0 Å². The van der Waals surface area contributed by atoms with Gasteiger partial charge in [0.1, 0.15) is 11.9 Å². The van der Waals surface area contributed by atoms with E-state index in [1.165, 1.54) is 0 Å². The van der Waals surface area contributed by atoms with E-state index in [-0.39, 0.29) is 11.9 Å². The van der Waals surface area contributed by atoms with Crippen molar-refractivity contribution in [2.24, 2.45) is 0 Å². The third kappa shape index (κ3) is 3.70. The molecule has 0 aliphatic rings. The first-order valence-electron chi connectivity index (χ1n) is 7.04. The average molecular weight is 284 g/mol. The van der Waals surface area contributed by atoms with Crippen molar-refractivity contribution in [3.63, 3.8) is 0 Å². The van der Waals surface area contributed by atoms with E-state index < -0.39 is 6.10 Å². The standard InChI is InChI=1S/C18H20O3/c1-12-11-16(21-14(3)13(2)19)9-10-17(12)18(20)15-7-5-4-6-8-15/h4-11,13-14,19H,1-3H3. The molecule has 0 amide bonds. The minimum atomic E-state index is -0.545. The SMILES string of the molecule is Cc1cc(OC(C)C(C)O)ccc1C(=O)c1ccccc1. The van der Waals surface area contributed by atoms with Crippen LogP contribution in [0.4, 0.5) is 0 Å². The van der Waals surface area contributed by atoms with Crippen molar-refractivity contribution in [2.75, 3.05) is 0 Å². The number of ketones is 1. The van der Waals surface area contributed by atoms with Gasteiger partial charge in [-0.15, -0.1) is 0 Å². The van der Waals surface area contributed by atoms with Gasteiger partial charge in [0.2, 0.25) is 0 Å². The Balaban J connectivity index is 2.22. The summed E-state index contributed by atoms with van der Waals surface area (Å²) >= 11 is 0. The Morgan fingerprint density at radius 1 is 1.10 bits per heavy atom. The number of rotatable bonds is 5. The fraction of sp³-hybridized carbons (Fsp3) is 0.278. The van der Waals surface area contributed by atoms with Gasteiger partial charge in [0.15, 0.2) is 5.78 Å². The molecule has 110 valence electrons. The van der Waals surface area contributed by atoms with Crippen LogP contribution < -0.4 is 4.74 Å². The number of carbonyl (C=O) groups excluding carboxylic acids is 1. The van der Waals surface area contributed by atoms with Crippen LogP contribution in [-0.4, -0.2) is 23.1 Å². The Bertz CT molecular complexity index is 618. The molecule has 21 heavy (non-hydrogen) atoms. The molecule has 2 aromatic rings. The second-order valence-corrected chi connectivity index (χ2v) is 5.24. The molecule has 3 nitrogen and oxygen atoms in total. The monoisotopic (exact) mass is 284 g/mol. The number of hydrogen-bond donors (Lipinski definition) is 1. The number of ether oxygens (including phenoxy) is 1. The van der Waals surface area contributed by atoms with Crippen molar-refractivity contribution < 1.29 is 14.6 Å². The van der Waals surface area contributed by atoms with Gasteiger partial charge in [0.25, 0.3) is 0 Å². The zero-order valence-corrected chi connectivity index (χ0v) is 12.5. The molecular formula is C18H20O3. The van der Waals surface area contributed by atoms with Crippen LogP contribution in [0, 0.1) is 6.92 Å². The highest BCUT2D eigenvalue weighted by Crippen LogP contribution is 2.21. The van der Waals surface area contributed by atoms with Crippen molar-refractivity contribution >= 4 is 5.78 Å². The van der Waals surface area contributed by atoms with E-state index in [9.17, 15) is 9.90 Å². The van der Waals surface area contributed by atoms with Gasteiger partial charge in [-0.1, -0.05) is 30.3 Å². The molecule has 0 bridgehead atoms. The predicted octanol–water partition coefficient (Wildman–Crippen LogP) is 3.37. The summed E-state index contributed by atoms with van der Waals surface area (Å²) in [6.45, 7) is 5.38. The largest absolute Gasteiger partial charge is 0.488 e. The molecule has 2 unspecified atom stereocenters. The smallest absolute Gasteiger partial charge is 0.193 e. The average Bonchev–Trinajstić information content (AvgIpc) is 2.47. The van der Waals surface area contributed by atoms with E-state index in [0.717, 1.165) is 5.56 Å². The maximum Gasteiger partial charge on any atom is 0.193 e. The maximum absolute atomic E-state index is 12.4. The van der Waals surface area contributed by atoms with Crippen molar-refractivity contribution in [1.82, 2.24) is 0 Å². The molecule has 0 spiro atoms. The van der Waals surface area contributed by atoms with Crippen LogP contribution in [0.25, 0.3) is 0 Å². The Labute approximate surface area is 125 Å². The van der Waals surface area contributed by atoms with E-state index in [1.54, 1.807) is 19.1 Å². The summed E-state index contributed by atoms with van der Waals surface area (Å²) in [5.41, 5.74) is 2.20. The van der Waals surface area contributed by atoms with Crippen LogP contribution in [0.5, 0.6) is 5.75 Å². The lowest BCUT2D eigenvalue weighted by molar-refractivity contribution is 0.0604. The van der Waals surface area contributed by atoms with Crippen molar-refractivity contribution in [3.8, 4) is 5.75 Å². The van der Waals surface area contributed by atoms with Crippen molar-refractivity contribution in [3.05, 3.63) is 65.2 Å². The summed E-state index contributed by atoms with van der Waals surface area (Å²) in [7, 11) is 0. The van der Waals surface area contributed by atoms with Crippen LogP contribution in [-0.2, 0) is 0 Å². The molecule has 0 fully saturated rings. The second kappa shape index (κ2) is 6.55. The Hall–Kier alpha value is -2.13. The second-order valence-electron chi connectivity index (χ2n) is 5.24. The van der Waals surface area contributed by atoms with E-state index in [1.807, 2.05) is 50.2 Å². The highest BCUT2D eigenvalue weighted by atomic mass is 16.5. The normalized spacial score (nSPS) is 13.5. The van der Waals surface area contributed by atoms with Gasteiger partial charge in [-0.05, 0) is 44.5 Å². The minimum Gasteiger partial charge on any atom is -0.488 e. The number of aliphatic hydroxyl groups is 1. The van der Waals surface area contributed by atoms with Crippen LogP contribution in [0.2, 0.25) is 0 Å².